The molecule has 0 saturated carbocycles. The number of hydrogen-bond donors (Lipinski definition) is 1. The summed E-state index contributed by atoms with van der Waals surface area (Å²) in [5, 5.41) is 3.15. The van der Waals surface area contributed by atoms with Gasteiger partial charge in [-0.2, -0.15) is 0 Å². The van der Waals surface area contributed by atoms with Crippen molar-refractivity contribution in [1.29, 1.82) is 0 Å². The lowest BCUT2D eigenvalue weighted by Crippen LogP contribution is -2.08. The molecule has 0 atom stereocenters. The minimum Gasteiger partial charge on any atom is -0.497 e. The van der Waals surface area contributed by atoms with Crippen molar-refractivity contribution in [2.24, 2.45) is 0 Å². The summed E-state index contributed by atoms with van der Waals surface area (Å²) >= 11 is 0. The van der Waals surface area contributed by atoms with E-state index in [0.717, 1.165) is 24.5 Å². The summed E-state index contributed by atoms with van der Waals surface area (Å²) in [4.78, 5) is 0. The third kappa shape index (κ3) is 4.00. The van der Waals surface area contributed by atoms with Gasteiger partial charge in [-0.25, -0.2) is 0 Å². The van der Waals surface area contributed by atoms with Gasteiger partial charge >= 0.3 is 0 Å². The molecule has 3 nitrogen and oxygen atoms in total. The van der Waals surface area contributed by atoms with Gasteiger partial charge < -0.3 is 14.8 Å². The summed E-state index contributed by atoms with van der Waals surface area (Å²) in [6, 6.07) is 16.2. The van der Waals surface area contributed by atoms with Crippen molar-refractivity contribution in [2.75, 3.05) is 20.8 Å². The molecule has 0 fully saturated rings. The monoisotopic (exact) mass is 271 g/mol. The second kappa shape index (κ2) is 7.56. The lowest BCUT2D eigenvalue weighted by Gasteiger charge is -2.11. The predicted octanol–water partition coefficient (Wildman–Crippen LogP) is 3.04. The normalized spacial score (nSPS) is 10.3. The van der Waals surface area contributed by atoms with Crippen LogP contribution in [0.25, 0.3) is 0 Å². The van der Waals surface area contributed by atoms with Crippen LogP contribution in [0.4, 0.5) is 0 Å². The van der Waals surface area contributed by atoms with Crippen LogP contribution in [-0.4, -0.2) is 20.8 Å². The van der Waals surface area contributed by atoms with E-state index in [1.165, 1.54) is 11.1 Å². The Hall–Kier alpha value is -2.00. The molecule has 1 N–H and O–H groups in total. The summed E-state index contributed by atoms with van der Waals surface area (Å²) in [7, 11) is 3.62. The fourth-order valence-electron chi connectivity index (χ4n) is 2.05. The molecule has 2 aromatic rings. The molecule has 0 radical (unpaired) electrons. The van der Waals surface area contributed by atoms with Crippen LogP contribution < -0.4 is 14.8 Å². The van der Waals surface area contributed by atoms with E-state index in [1.54, 1.807) is 7.11 Å². The Morgan fingerprint density at radius 3 is 2.45 bits per heavy atom. The maximum atomic E-state index is 5.88. The molecule has 0 aromatic heterocycles. The standard InChI is InChI=1S/C17H21NO2/c1-18-13-15-5-3-4-6-17(15)20-12-11-14-7-9-16(19-2)10-8-14/h3-10,18H,11-13H2,1-2H3. The van der Waals surface area contributed by atoms with Gasteiger partial charge in [-0.05, 0) is 30.8 Å². The fourth-order valence-corrected chi connectivity index (χ4v) is 2.05. The number of benzene rings is 2. The highest BCUT2D eigenvalue weighted by atomic mass is 16.5. The number of rotatable bonds is 7. The molecule has 3 heteroatoms. The molecule has 0 unspecified atom stereocenters. The van der Waals surface area contributed by atoms with Crippen molar-refractivity contribution in [3.63, 3.8) is 0 Å². The molecular weight excluding hydrogens is 250 g/mol. The Balaban J connectivity index is 1.89. The van der Waals surface area contributed by atoms with E-state index < -0.39 is 0 Å². The van der Waals surface area contributed by atoms with E-state index in [4.69, 9.17) is 9.47 Å². The van der Waals surface area contributed by atoms with Crippen LogP contribution in [0.2, 0.25) is 0 Å². The number of para-hydroxylation sites is 1. The van der Waals surface area contributed by atoms with Gasteiger partial charge in [-0.3, -0.25) is 0 Å². The fraction of sp³-hybridized carbons (Fsp3) is 0.294. The Morgan fingerprint density at radius 1 is 1.00 bits per heavy atom. The summed E-state index contributed by atoms with van der Waals surface area (Å²) in [6.45, 7) is 1.49. The minimum absolute atomic E-state index is 0.674. The highest BCUT2D eigenvalue weighted by Gasteiger charge is 2.02. The molecule has 0 spiro atoms. The zero-order valence-corrected chi connectivity index (χ0v) is 12.1. The van der Waals surface area contributed by atoms with Crippen molar-refractivity contribution >= 4 is 0 Å². The molecular formula is C17H21NO2. The SMILES string of the molecule is CNCc1ccccc1OCCc1ccc(OC)cc1. The minimum atomic E-state index is 0.674. The first kappa shape index (κ1) is 14.4. The molecule has 0 aliphatic carbocycles. The zero-order chi connectivity index (χ0) is 14.2. The summed E-state index contributed by atoms with van der Waals surface area (Å²) < 4.78 is 11.0. The molecule has 0 bridgehead atoms. The number of methoxy groups -OCH3 is 1. The van der Waals surface area contributed by atoms with Gasteiger partial charge in [0.25, 0.3) is 0 Å². The van der Waals surface area contributed by atoms with Crippen molar-refractivity contribution in [2.45, 2.75) is 13.0 Å². The second-order valence-electron chi connectivity index (χ2n) is 4.58. The lowest BCUT2D eigenvalue weighted by molar-refractivity contribution is 0.318. The van der Waals surface area contributed by atoms with E-state index in [1.807, 2.05) is 37.4 Å². The predicted molar refractivity (Wildman–Crippen MR) is 81.4 cm³/mol. The molecule has 0 saturated heterocycles. The summed E-state index contributed by atoms with van der Waals surface area (Å²) in [5.41, 5.74) is 2.43. The lowest BCUT2D eigenvalue weighted by atomic mass is 10.1. The van der Waals surface area contributed by atoms with Crippen LogP contribution >= 0.6 is 0 Å². The maximum Gasteiger partial charge on any atom is 0.123 e. The van der Waals surface area contributed by atoms with Gasteiger partial charge in [0.1, 0.15) is 11.5 Å². The van der Waals surface area contributed by atoms with Crippen LogP contribution in [0.5, 0.6) is 11.5 Å². The third-order valence-electron chi connectivity index (χ3n) is 3.15. The first-order chi connectivity index (χ1) is 9.83. The first-order valence-corrected chi connectivity index (χ1v) is 6.81. The highest BCUT2D eigenvalue weighted by molar-refractivity contribution is 5.33. The molecule has 0 aliphatic heterocycles. The number of ether oxygens (including phenoxy) is 2. The Morgan fingerprint density at radius 2 is 1.75 bits per heavy atom. The van der Waals surface area contributed by atoms with Crippen LogP contribution in [0.3, 0.4) is 0 Å². The van der Waals surface area contributed by atoms with Crippen molar-refractivity contribution in [3.8, 4) is 11.5 Å². The van der Waals surface area contributed by atoms with Crippen molar-refractivity contribution < 1.29 is 9.47 Å². The molecule has 20 heavy (non-hydrogen) atoms. The average Bonchev–Trinajstić information content (AvgIpc) is 2.50. The highest BCUT2D eigenvalue weighted by Crippen LogP contribution is 2.18. The van der Waals surface area contributed by atoms with E-state index in [9.17, 15) is 0 Å². The quantitative estimate of drug-likeness (QED) is 0.839. The zero-order valence-electron chi connectivity index (χ0n) is 12.1. The van der Waals surface area contributed by atoms with Crippen molar-refractivity contribution in [1.82, 2.24) is 5.32 Å². The molecule has 0 aliphatic rings. The number of hydrogen-bond acceptors (Lipinski definition) is 3. The largest absolute Gasteiger partial charge is 0.497 e. The summed E-state index contributed by atoms with van der Waals surface area (Å²) in [5.74, 6) is 1.84. The Kier molecular flexibility index (Phi) is 5.44. The third-order valence-corrected chi connectivity index (χ3v) is 3.15. The molecule has 0 heterocycles. The van der Waals surface area contributed by atoms with Crippen LogP contribution in [0.1, 0.15) is 11.1 Å². The molecule has 0 amide bonds. The van der Waals surface area contributed by atoms with Gasteiger partial charge in [0.2, 0.25) is 0 Å². The van der Waals surface area contributed by atoms with Crippen molar-refractivity contribution in [3.05, 3.63) is 59.7 Å². The average molecular weight is 271 g/mol. The summed E-state index contributed by atoms with van der Waals surface area (Å²) in [6.07, 6.45) is 0.887. The Bertz CT molecular complexity index is 523. The molecule has 106 valence electrons. The van der Waals surface area contributed by atoms with Gasteiger partial charge in [0.15, 0.2) is 0 Å². The second-order valence-corrected chi connectivity index (χ2v) is 4.58. The van der Waals surface area contributed by atoms with Crippen LogP contribution in [-0.2, 0) is 13.0 Å². The maximum absolute atomic E-state index is 5.88. The van der Waals surface area contributed by atoms with E-state index >= 15 is 0 Å². The van der Waals surface area contributed by atoms with Crippen LogP contribution in [0.15, 0.2) is 48.5 Å². The van der Waals surface area contributed by atoms with E-state index in [-0.39, 0.29) is 0 Å². The van der Waals surface area contributed by atoms with E-state index in [0.29, 0.717) is 6.61 Å². The van der Waals surface area contributed by atoms with Gasteiger partial charge in [-0.1, -0.05) is 30.3 Å². The molecule has 2 rings (SSSR count). The first-order valence-electron chi connectivity index (χ1n) is 6.81. The topological polar surface area (TPSA) is 30.5 Å². The van der Waals surface area contributed by atoms with Gasteiger partial charge in [-0.15, -0.1) is 0 Å². The van der Waals surface area contributed by atoms with E-state index in [2.05, 4.69) is 23.5 Å². The number of nitrogens with one attached hydrogen (secondary N) is 1. The Labute approximate surface area is 120 Å². The molecule has 2 aromatic carbocycles. The van der Waals surface area contributed by atoms with Gasteiger partial charge in [0.05, 0.1) is 13.7 Å². The smallest absolute Gasteiger partial charge is 0.123 e. The van der Waals surface area contributed by atoms with Gasteiger partial charge in [0, 0.05) is 18.5 Å². The van der Waals surface area contributed by atoms with Crippen LogP contribution in [0, 0.1) is 0 Å².